The van der Waals surface area contributed by atoms with E-state index in [0.29, 0.717) is 35.8 Å². The predicted molar refractivity (Wildman–Crippen MR) is 77.4 cm³/mol. The number of nitrogens with one attached hydrogen (secondary N) is 1. The van der Waals surface area contributed by atoms with Gasteiger partial charge in [0.15, 0.2) is 0 Å². The Labute approximate surface area is 123 Å². The minimum absolute atomic E-state index is 0.147. The van der Waals surface area contributed by atoms with E-state index < -0.39 is 0 Å². The predicted octanol–water partition coefficient (Wildman–Crippen LogP) is 2.60. The lowest BCUT2D eigenvalue weighted by atomic mass is 10.1. The molecule has 1 aliphatic heterocycles. The van der Waals surface area contributed by atoms with Crippen molar-refractivity contribution < 1.29 is 9.59 Å². The van der Waals surface area contributed by atoms with Crippen LogP contribution in [0.3, 0.4) is 0 Å². The molecule has 1 aromatic heterocycles. The van der Waals surface area contributed by atoms with E-state index in [4.69, 9.17) is 11.6 Å². The van der Waals surface area contributed by atoms with Gasteiger partial charge in [-0.2, -0.15) is 0 Å². The fourth-order valence-electron chi connectivity index (χ4n) is 2.07. The van der Waals surface area contributed by atoms with Crippen LogP contribution < -0.4 is 5.32 Å². The van der Waals surface area contributed by atoms with Crippen molar-refractivity contribution in [1.82, 2.24) is 9.88 Å². The third-order valence-electron chi connectivity index (χ3n) is 3.17. The molecule has 1 saturated heterocycles. The number of carbonyl (C=O) groups excluding carboxylic acids is 2. The van der Waals surface area contributed by atoms with Gasteiger partial charge in [-0.3, -0.25) is 14.5 Å². The van der Waals surface area contributed by atoms with E-state index in [1.807, 2.05) is 0 Å². The van der Waals surface area contributed by atoms with Crippen molar-refractivity contribution in [3.8, 4) is 0 Å². The van der Waals surface area contributed by atoms with Crippen LogP contribution in [0.5, 0.6) is 0 Å². The standard InChI is InChI=1S/C14H18ClN3O2/c1-2-8-16-12-7-6-10(15)11(17-12)9-18-13(19)4-3-5-14(18)20/h6-7H,2-5,8-9H2,1H3,(H,16,17). The summed E-state index contributed by atoms with van der Waals surface area (Å²) in [5.74, 6) is 0.417. The molecule has 108 valence electrons. The largest absolute Gasteiger partial charge is 0.370 e. The molecule has 0 radical (unpaired) electrons. The molecular weight excluding hydrogens is 278 g/mol. The summed E-state index contributed by atoms with van der Waals surface area (Å²) in [6.45, 7) is 3.03. The average molecular weight is 296 g/mol. The number of likely N-dealkylation sites (tertiary alicyclic amines) is 1. The van der Waals surface area contributed by atoms with Crippen LogP contribution in [0.4, 0.5) is 5.82 Å². The van der Waals surface area contributed by atoms with Gasteiger partial charge in [-0.25, -0.2) is 4.98 Å². The summed E-state index contributed by atoms with van der Waals surface area (Å²) < 4.78 is 0. The number of amides is 2. The number of halogens is 1. The third-order valence-corrected chi connectivity index (χ3v) is 3.51. The number of nitrogens with zero attached hydrogens (tertiary/aromatic N) is 2. The Kier molecular flexibility index (Phi) is 4.95. The molecule has 2 rings (SSSR count). The maximum atomic E-state index is 11.8. The molecule has 1 N–H and O–H groups in total. The molecule has 0 bridgehead atoms. The molecule has 6 heteroatoms. The van der Waals surface area contributed by atoms with Gasteiger partial charge >= 0.3 is 0 Å². The van der Waals surface area contributed by atoms with Crippen molar-refractivity contribution in [2.75, 3.05) is 11.9 Å². The number of aromatic nitrogens is 1. The topological polar surface area (TPSA) is 62.3 Å². The Hall–Kier alpha value is -1.62. The maximum Gasteiger partial charge on any atom is 0.229 e. The quantitative estimate of drug-likeness (QED) is 0.848. The number of rotatable bonds is 5. The number of hydrogen-bond donors (Lipinski definition) is 1. The van der Waals surface area contributed by atoms with Crippen LogP contribution in [0.25, 0.3) is 0 Å². The van der Waals surface area contributed by atoms with Crippen molar-refractivity contribution in [2.45, 2.75) is 39.2 Å². The van der Waals surface area contributed by atoms with Crippen molar-refractivity contribution in [3.05, 3.63) is 22.8 Å². The van der Waals surface area contributed by atoms with Gasteiger partial charge in [0.05, 0.1) is 17.3 Å². The Bertz CT molecular complexity index is 503. The van der Waals surface area contributed by atoms with Crippen LogP contribution >= 0.6 is 11.6 Å². The van der Waals surface area contributed by atoms with Gasteiger partial charge in [-0.05, 0) is 25.0 Å². The van der Waals surface area contributed by atoms with Gasteiger partial charge < -0.3 is 5.32 Å². The van der Waals surface area contributed by atoms with Gasteiger partial charge in [0, 0.05) is 19.4 Å². The van der Waals surface area contributed by atoms with E-state index in [2.05, 4.69) is 17.2 Å². The minimum atomic E-state index is -0.147. The fraction of sp³-hybridized carbons (Fsp3) is 0.500. The minimum Gasteiger partial charge on any atom is -0.370 e. The Morgan fingerprint density at radius 1 is 1.30 bits per heavy atom. The highest BCUT2D eigenvalue weighted by atomic mass is 35.5. The molecule has 5 nitrogen and oxygen atoms in total. The average Bonchev–Trinajstić information content (AvgIpc) is 2.43. The van der Waals surface area contributed by atoms with Crippen LogP contribution in [0, 0.1) is 0 Å². The van der Waals surface area contributed by atoms with E-state index in [1.165, 1.54) is 4.90 Å². The van der Waals surface area contributed by atoms with E-state index in [1.54, 1.807) is 12.1 Å². The van der Waals surface area contributed by atoms with Gasteiger partial charge in [0.25, 0.3) is 0 Å². The number of piperidine rings is 1. The molecule has 1 fully saturated rings. The summed E-state index contributed by atoms with van der Waals surface area (Å²) in [5.41, 5.74) is 0.552. The Morgan fingerprint density at radius 2 is 2.00 bits per heavy atom. The monoisotopic (exact) mass is 295 g/mol. The summed E-state index contributed by atoms with van der Waals surface area (Å²) in [7, 11) is 0. The molecule has 0 aromatic carbocycles. The summed E-state index contributed by atoms with van der Waals surface area (Å²) in [5, 5.41) is 3.63. The summed E-state index contributed by atoms with van der Waals surface area (Å²) in [6.07, 6.45) is 2.45. The molecule has 0 spiro atoms. The second-order valence-corrected chi connectivity index (χ2v) is 5.19. The van der Waals surface area contributed by atoms with Crippen molar-refractivity contribution in [2.24, 2.45) is 0 Å². The molecule has 20 heavy (non-hydrogen) atoms. The first-order valence-corrected chi connectivity index (χ1v) is 7.22. The van der Waals surface area contributed by atoms with E-state index >= 15 is 0 Å². The number of hydrogen-bond acceptors (Lipinski definition) is 4. The lowest BCUT2D eigenvalue weighted by molar-refractivity contribution is -0.148. The van der Waals surface area contributed by atoms with E-state index in [9.17, 15) is 9.59 Å². The van der Waals surface area contributed by atoms with E-state index in [-0.39, 0.29) is 18.4 Å². The number of carbonyl (C=O) groups is 2. The van der Waals surface area contributed by atoms with Gasteiger partial charge in [0.1, 0.15) is 5.82 Å². The second-order valence-electron chi connectivity index (χ2n) is 4.78. The molecule has 0 atom stereocenters. The van der Waals surface area contributed by atoms with Crippen molar-refractivity contribution in [3.63, 3.8) is 0 Å². The summed E-state index contributed by atoms with van der Waals surface area (Å²) in [6, 6.07) is 3.53. The van der Waals surface area contributed by atoms with Gasteiger partial charge in [-0.15, -0.1) is 0 Å². The van der Waals surface area contributed by atoms with Gasteiger partial charge in [-0.1, -0.05) is 18.5 Å². The van der Waals surface area contributed by atoms with Crippen LogP contribution in [0.15, 0.2) is 12.1 Å². The zero-order valence-electron chi connectivity index (χ0n) is 11.5. The normalized spacial score (nSPS) is 15.6. The van der Waals surface area contributed by atoms with E-state index in [0.717, 1.165) is 13.0 Å². The third kappa shape index (κ3) is 3.48. The highest BCUT2D eigenvalue weighted by Gasteiger charge is 2.26. The molecule has 0 aliphatic carbocycles. The molecule has 0 unspecified atom stereocenters. The zero-order valence-corrected chi connectivity index (χ0v) is 12.2. The SMILES string of the molecule is CCCNc1ccc(Cl)c(CN2C(=O)CCCC2=O)n1. The van der Waals surface area contributed by atoms with Crippen molar-refractivity contribution in [1.29, 1.82) is 0 Å². The molecule has 0 saturated carbocycles. The highest BCUT2D eigenvalue weighted by molar-refractivity contribution is 6.31. The van der Waals surface area contributed by atoms with Crippen LogP contribution in [0.2, 0.25) is 5.02 Å². The Balaban J connectivity index is 2.14. The number of imide groups is 1. The molecule has 1 aromatic rings. The lowest BCUT2D eigenvalue weighted by Gasteiger charge is -2.24. The molecule has 2 heterocycles. The maximum absolute atomic E-state index is 11.8. The number of pyridine rings is 1. The zero-order chi connectivity index (χ0) is 14.5. The van der Waals surface area contributed by atoms with Gasteiger partial charge in [0.2, 0.25) is 11.8 Å². The Morgan fingerprint density at radius 3 is 2.65 bits per heavy atom. The van der Waals surface area contributed by atoms with Crippen molar-refractivity contribution >= 4 is 29.2 Å². The summed E-state index contributed by atoms with van der Waals surface area (Å²) >= 11 is 6.11. The second kappa shape index (κ2) is 6.70. The fourth-order valence-corrected chi connectivity index (χ4v) is 2.24. The summed E-state index contributed by atoms with van der Waals surface area (Å²) in [4.78, 5) is 29.2. The molecule has 1 aliphatic rings. The lowest BCUT2D eigenvalue weighted by Crippen LogP contribution is -2.39. The first-order valence-electron chi connectivity index (χ1n) is 6.84. The molecular formula is C14H18ClN3O2. The van der Waals surface area contributed by atoms with Crippen LogP contribution in [0.1, 0.15) is 38.3 Å². The number of anilines is 1. The van der Waals surface area contributed by atoms with Crippen LogP contribution in [-0.4, -0.2) is 28.2 Å². The highest BCUT2D eigenvalue weighted by Crippen LogP contribution is 2.21. The first-order chi connectivity index (χ1) is 9.61. The smallest absolute Gasteiger partial charge is 0.229 e. The molecule has 2 amide bonds. The first kappa shape index (κ1) is 14.8. The van der Waals surface area contributed by atoms with Crippen LogP contribution in [-0.2, 0) is 16.1 Å².